The van der Waals surface area contributed by atoms with Gasteiger partial charge < -0.3 is 5.32 Å². The Morgan fingerprint density at radius 2 is 2.05 bits per heavy atom. The molecule has 1 aromatic carbocycles. The van der Waals surface area contributed by atoms with Gasteiger partial charge in [-0.2, -0.15) is 13.2 Å². The van der Waals surface area contributed by atoms with E-state index in [1.807, 2.05) is 6.92 Å². The van der Waals surface area contributed by atoms with E-state index in [2.05, 4.69) is 33.1 Å². The predicted molar refractivity (Wildman–Crippen MR) is 82.9 cm³/mol. The number of nitrogens with one attached hydrogen (secondary N) is 1. The van der Waals surface area contributed by atoms with Gasteiger partial charge in [-0.25, -0.2) is 0 Å². The van der Waals surface area contributed by atoms with Crippen molar-refractivity contribution in [3.05, 3.63) is 33.8 Å². The van der Waals surface area contributed by atoms with Crippen LogP contribution in [0.25, 0.3) is 0 Å². The summed E-state index contributed by atoms with van der Waals surface area (Å²) in [7, 11) is 0. The van der Waals surface area contributed by atoms with E-state index >= 15 is 0 Å². The van der Waals surface area contributed by atoms with E-state index in [4.69, 9.17) is 0 Å². The first-order valence-corrected chi connectivity index (χ1v) is 7.69. The lowest BCUT2D eigenvalue weighted by atomic mass is 9.96. The molecule has 0 aromatic heterocycles. The van der Waals surface area contributed by atoms with Gasteiger partial charge in [-0.15, -0.1) is 11.8 Å². The third kappa shape index (κ3) is 5.72. The highest BCUT2D eigenvalue weighted by Gasteiger charge is 2.35. The standard InChI is InChI=1S/C16H19BrF3N/c1-3-5-6-7-15(21-10-4-2)13-9-8-12(17)11-14(13)16(18,19)20/h8-9,11,15,21H,4,6-7,10H2,1-2H3. The Hall–Kier alpha value is -0.990. The van der Waals surface area contributed by atoms with Gasteiger partial charge in [0.2, 0.25) is 0 Å². The molecule has 0 saturated carbocycles. The summed E-state index contributed by atoms with van der Waals surface area (Å²) in [5.41, 5.74) is -0.299. The third-order valence-corrected chi connectivity index (χ3v) is 3.56. The van der Waals surface area contributed by atoms with E-state index in [0.717, 1.165) is 12.5 Å². The van der Waals surface area contributed by atoms with E-state index in [0.29, 0.717) is 23.9 Å². The van der Waals surface area contributed by atoms with Crippen molar-refractivity contribution in [2.45, 2.75) is 45.3 Å². The zero-order chi connectivity index (χ0) is 15.9. The average Bonchev–Trinajstić information content (AvgIpc) is 2.42. The molecule has 0 bridgehead atoms. The molecule has 1 atom stereocenters. The van der Waals surface area contributed by atoms with Crippen LogP contribution in [0.4, 0.5) is 13.2 Å². The van der Waals surface area contributed by atoms with Gasteiger partial charge in [-0.05, 0) is 44.0 Å². The summed E-state index contributed by atoms with van der Waals surface area (Å²) in [5.74, 6) is 5.69. The van der Waals surface area contributed by atoms with Crippen molar-refractivity contribution in [1.29, 1.82) is 0 Å². The van der Waals surface area contributed by atoms with Crippen molar-refractivity contribution in [3.63, 3.8) is 0 Å². The van der Waals surface area contributed by atoms with Crippen molar-refractivity contribution < 1.29 is 13.2 Å². The SMILES string of the molecule is CC#CCCC(NCCC)c1ccc(Br)cc1C(F)(F)F. The Labute approximate surface area is 132 Å². The normalized spacial score (nSPS) is 12.7. The summed E-state index contributed by atoms with van der Waals surface area (Å²) in [6.07, 6.45) is -2.35. The van der Waals surface area contributed by atoms with Crippen LogP contribution in [0.3, 0.4) is 0 Å². The van der Waals surface area contributed by atoms with Crippen molar-refractivity contribution in [1.82, 2.24) is 5.32 Å². The van der Waals surface area contributed by atoms with Crippen LogP contribution in [0, 0.1) is 11.8 Å². The molecule has 0 aliphatic rings. The maximum absolute atomic E-state index is 13.2. The fraction of sp³-hybridized carbons (Fsp3) is 0.500. The Balaban J connectivity index is 3.12. The molecule has 1 N–H and O–H groups in total. The van der Waals surface area contributed by atoms with E-state index in [-0.39, 0.29) is 11.6 Å². The highest BCUT2D eigenvalue weighted by Crippen LogP contribution is 2.37. The van der Waals surface area contributed by atoms with Gasteiger partial charge in [-0.3, -0.25) is 0 Å². The Morgan fingerprint density at radius 1 is 1.33 bits per heavy atom. The van der Waals surface area contributed by atoms with Crippen LogP contribution in [0.2, 0.25) is 0 Å². The number of hydrogen-bond donors (Lipinski definition) is 1. The number of halogens is 4. The molecule has 0 amide bonds. The van der Waals surface area contributed by atoms with Crippen molar-refractivity contribution in [3.8, 4) is 11.8 Å². The van der Waals surface area contributed by atoms with Crippen LogP contribution < -0.4 is 5.32 Å². The molecular formula is C16H19BrF3N. The molecule has 0 radical (unpaired) electrons. The van der Waals surface area contributed by atoms with Crippen LogP contribution in [0.1, 0.15) is 50.3 Å². The summed E-state index contributed by atoms with van der Waals surface area (Å²) >= 11 is 3.11. The molecule has 1 rings (SSSR count). The Morgan fingerprint density at radius 3 is 2.62 bits per heavy atom. The fourth-order valence-electron chi connectivity index (χ4n) is 2.11. The molecule has 0 spiro atoms. The van der Waals surface area contributed by atoms with E-state index < -0.39 is 11.7 Å². The first-order valence-electron chi connectivity index (χ1n) is 6.89. The summed E-state index contributed by atoms with van der Waals surface area (Å²) in [5, 5.41) is 3.19. The first kappa shape index (κ1) is 18.1. The molecule has 0 saturated heterocycles. The number of hydrogen-bond acceptors (Lipinski definition) is 1. The van der Waals surface area contributed by atoms with Crippen LogP contribution >= 0.6 is 15.9 Å². The average molecular weight is 362 g/mol. The van der Waals surface area contributed by atoms with Crippen molar-refractivity contribution in [2.75, 3.05) is 6.54 Å². The largest absolute Gasteiger partial charge is 0.416 e. The molecule has 0 aliphatic heterocycles. The third-order valence-electron chi connectivity index (χ3n) is 3.07. The molecule has 1 nitrogen and oxygen atoms in total. The summed E-state index contributed by atoms with van der Waals surface area (Å²) in [6, 6.07) is 3.99. The summed E-state index contributed by atoms with van der Waals surface area (Å²) < 4.78 is 40.1. The van der Waals surface area contributed by atoms with Gasteiger partial charge in [0.1, 0.15) is 0 Å². The number of alkyl halides is 3. The van der Waals surface area contributed by atoms with Gasteiger partial charge in [0.25, 0.3) is 0 Å². The Bertz CT molecular complexity index is 514. The molecule has 0 heterocycles. The lowest BCUT2D eigenvalue weighted by Gasteiger charge is -2.22. The molecule has 1 aromatic rings. The highest BCUT2D eigenvalue weighted by molar-refractivity contribution is 9.10. The van der Waals surface area contributed by atoms with E-state index in [9.17, 15) is 13.2 Å². The predicted octanol–water partition coefficient (Wildman–Crippen LogP) is 5.31. The number of rotatable bonds is 6. The van der Waals surface area contributed by atoms with Crippen molar-refractivity contribution in [2.24, 2.45) is 0 Å². The molecule has 116 valence electrons. The first-order chi connectivity index (χ1) is 9.90. The van der Waals surface area contributed by atoms with Gasteiger partial charge in [0.15, 0.2) is 0 Å². The van der Waals surface area contributed by atoms with Crippen molar-refractivity contribution >= 4 is 15.9 Å². The van der Waals surface area contributed by atoms with E-state index in [1.54, 1.807) is 19.1 Å². The molecule has 1 unspecified atom stereocenters. The zero-order valence-corrected chi connectivity index (χ0v) is 13.7. The second-order valence-electron chi connectivity index (χ2n) is 4.70. The van der Waals surface area contributed by atoms with E-state index in [1.165, 1.54) is 0 Å². The second-order valence-corrected chi connectivity index (χ2v) is 5.62. The van der Waals surface area contributed by atoms with Gasteiger partial charge in [-0.1, -0.05) is 28.9 Å². The minimum atomic E-state index is -4.36. The van der Waals surface area contributed by atoms with Crippen LogP contribution in [0.5, 0.6) is 0 Å². The van der Waals surface area contributed by atoms with Gasteiger partial charge in [0, 0.05) is 16.9 Å². The number of benzene rings is 1. The van der Waals surface area contributed by atoms with Gasteiger partial charge in [0.05, 0.1) is 5.56 Å². The lowest BCUT2D eigenvalue weighted by Crippen LogP contribution is -2.25. The lowest BCUT2D eigenvalue weighted by molar-refractivity contribution is -0.138. The molecule has 0 aliphatic carbocycles. The van der Waals surface area contributed by atoms with Gasteiger partial charge >= 0.3 is 6.18 Å². The zero-order valence-electron chi connectivity index (χ0n) is 12.1. The minimum absolute atomic E-state index is 0.289. The Kier molecular flexibility index (Phi) is 7.27. The van der Waals surface area contributed by atoms with Crippen LogP contribution in [-0.2, 0) is 6.18 Å². The summed E-state index contributed by atoms with van der Waals surface area (Å²) in [6.45, 7) is 4.40. The quantitative estimate of drug-likeness (QED) is 0.676. The van der Waals surface area contributed by atoms with Crippen LogP contribution in [0.15, 0.2) is 22.7 Å². The molecule has 0 fully saturated rings. The molecular weight excluding hydrogens is 343 g/mol. The fourth-order valence-corrected chi connectivity index (χ4v) is 2.47. The maximum atomic E-state index is 13.2. The highest BCUT2D eigenvalue weighted by atomic mass is 79.9. The second kappa shape index (κ2) is 8.45. The monoisotopic (exact) mass is 361 g/mol. The smallest absolute Gasteiger partial charge is 0.310 e. The topological polar surface area (TPSA) is 12.0 Å². The summed E-state index contributed by atoms with van der Waals surface area (Å²) in [4.78, 5) is 0. The van der Waals surface area contributed by atoms with Crippen LogP contribution in [-0.4, -0.2) is 6.54 Å². The minimum Gasteiger partial charge on any atom is -0.310 e. The molecule has 5 heteroatoms. The molecule has 21 heavy (non-hydrogen) atoms. The maximum Gasteiger partial charge on any atom is 0.416 e.